The number of hydrogen-bond donors (Lipinski definition) is 0. The normalized spacial score (nSPS) is 11.2. The molecule has 0 bridgehead atoms. The van der Waals surface area contributed by atoms with Gasteiger partial charge < -0.3 is 9.47 Å². The largest absolute Gasteiger partial charge is 0.493 e. The molecule has 0 aliphatic rings. The van der Waals surface area contributed by atoms with Crippen LogP contribution in [0.4, 0.5) is 17.6 Å². The predicted octanol–water partition coefficient (Wildman–Crippen LogP) is 3.33. The summed E-state index contributed by atoms with van der Waals surface area (Å²) < 4.78 is 58.3. The van der Waals surface area contributed by atoms with Crippen LogP contribution in [0.2, 0.25) is 0 Å². The SMILES string of the molecule is COC(=O)c1ccc(OCCCC(F)(F)F)cc1F. The fourth-order valence-electron chi connectivity index (χ4n) is 1.32. The van der Waals surface area contributed by atoms with E-state index in [4.69, 9.17) is 4.74 Å². The van der Waals surface area contributed by atoms with Gasteiger partial charge in [0.15, 0.2) is 0 Å². The molecule has 0 aliphatic carbocycles. The van der Waals surface area contributed by atoms with E-state index in [1.807, 2.05) is 0 Å². The van der Waals surface area contributed by atoms with Gasteiger partial charge in [-0.05, 0) is 18.6 Å². The van der Waals surface area contributed by atoms with E-state index in [1.54, 1.807) is 0 Å². The van der Waals surface area contributed by atoms with Crippen molar-refractivity contribution < 1.29 is 31.8 Å². The Morgan fingerprint density at radius 1 is 1.32 bits per heavy atom. The van der Waals surface area contributed by atoms with E-state index < -0.39 is 24.4 Å². The summed E-state index contributed by atoms with van der Waals surface area (Å²) in [4.78, 5) is 11.1. The molecule has 19 heavy (non-hydrogen) atoms. The maximum absolute atomic E-state index is 13.4. The highest BCUT2D eigenvalue weighted by molar-refractivity contribution is 5.89. The van der Waals surface area contributed by atoms with Crippen molar-refractivity contribution in [1.29, 1.82) is 0 Å². The molecule has 0 unspecified atom stereocenters. The fourth-order valence-corrected chi connectivity index (χ4v) is 1.32. The van der Waals surface area contributed by atoms with Crippen molar-refractivity contribution in [3.05, 3.63) is 29.6 Å². The summed E-state index contributed by atoms with van der Waals surface area (Å²) >= 11 is 0. The first kappa shape index (κ1) is 15.3. The number of benzene rings is 1. The maximum atomic E-state index is 13.4. The van der Waals surface area contributed by atoms with Crippen LogP contribution in [0.3, 0.4) is 0 Å². The summed E-state index contributed by atoms with van der Waals surface area (Å²) in [6.07, 6.45) is -5.41. The van der Waals surface area contributed by atoms with Gasteiger partial charge in [0.2, 0.25) is 0 Å². The Kier molecular flexibility index (Phi) is 5.14. The Morgan fingerprint density at radius 3 is 2.53 bits per heavy atom. The van der Waals surface area contributed by atoms with Crippen molar-refractivity contribution >= 4 is 5.97 Å². The van der Waals surface area contributed by atoms with E-state index >= 15 is 0 Å². The molecule has 0 saturated heterocycles. The summed E-state index contributed by atoms with van der Waals surface area (Å²) in [5, 5.41) is 0. The van der Waals surface area contributed by atoms with Gasteiger partial charge in [0, 0.05) is 12.5 Å². The Hall–Kier alpha value is -1.79. The third kappa shape index (κ3) is 5.15. The molecule has 0 spiro atoms. The van der Waals surface area contributed by atoms with E-state index in [9.17, 15) is 22.4 Å². The van der Waals surface area contributed by atoms with Gasteiger partial charge in [-0.3, -0.25) is 0 Å². The van der Waals surface area contributed by atoms with Crippen LogP contribution in [-0.4, -0.2) is 25.9 Å². The molecule has 0 fully saturated rings. The first-order chi connectivity index (χ1) is 8.83. The summed E-state index contributed by atoms with van der Waals surface area (Å²) in [6.45, 7) is -0.184. The zero-order chi connectivity index (χ0) is 14.5. The minimum absolute atomic E-state index is 0.0623. The number of hydrogen-bond acceptors (Lipinski definition) is 3. The van der Waals surface area contributed by atoms with Crippen molar-refractivity contribution in [2.75, 3.05) is 13.7 Å². The van der Waals surface area contributed by atoms with Crippen LogP contribution in [0.1, 0.15) is 23.2 Å². The molecule has 0 amide bonds. The highest BCUT2D eigenvalue weighted by atomic mass is 19.4. The van der Waals surface area contributed by atoms with E-state index in [-0.39, 0.29) is 24.3 Å². The average Bonchev–Trinajstić information content (AvgIpc) is 2.33. The number of methoxy groups -OCH3 is 1. The topological polar surface area (TPSA) is 35.5 Å². The maximum Gasteiger partial charge on any atom is 0.389 e. The van der Waals surface area contributed by atoms with Crippen molar-refractivity contribution in [3.8, 4) is 5.75 Å². The first-order valence-electron chi connectivity index (χ1n) is 5.41. The molecule has 1 aromatic rings. The Bertz CT molecular complexity index is 443. The van der Waals surface area contributed by atoms with Gasteiger partial charge in [-0.2, -0.15) is 13.2 Å². The third-order valence-corrected chi connectivity index (χ3v) is 2.22. The molecule has 1 aromatic carbocycles. The lowest BCUT2D eigenvalue weighted by Crippen LogP contribution is -2.10. The summed E-state index contributed by atoms with van der Waals surface area (Å²) in [7, 11) is 1.11. The van der Waals surface area contributed by atoms with Crippen LogP contribution in [0, 0.1) is 5.82 Å². The third-order valence-electron chi connectivity index (χ3n) is 2.22. The van der Waals surface area contributed by atoms with E-state index in [0.29, 0.717) is 0 Å². The van der Waals surface area contributed by atoms with E-state index in [0.717, 1.165) is 19.2 Å². The van der Waals surface area contributed by atoms with E-state index in [2.05, 4.69) is 4.74 Å². The highest BCUT2D eigenvalue weighted by Crippen LogP contribution is 2.22. The molecule has 0 heterocycles. The van der Waals surface area contributed by atoms with Crippen LogP contribution in [0.15, 0.2) is 18.2 Å². The molecule has 0 atom stereocenters. The quantitative estimate of drug-likeness (QED) is 0.471. The van der Waals surface area contributed by atoms with Crippen LogP contribution >= 0.6 is 0 Å². The van der Waals surface area contributed by atoms with Crippen molar-refractivity contribution in [3.63, 3.8) is 0 Å². The molecule has 3 nitrogen and oxygen atoms in total. The second kappa shape index (κ2) is 6.40. The number of halogens is 4. The molecule has 0 aliphatic heterocycles. The van der Waals surface area contributed by atoms with E-state index in [1.165, 1.54) is 6.07 Å². The lowest BCUT2D eigenvalue weighted by atomic mass is 10.2. The van der Waals surface area contributed by atoms with Gasteiger partial charge in [-0.1, -0.05) is 0 Å². The Morgan fingerprint density at radius 2 is 2.00 bits per heavy atom. The molecule has 0 aromatic heterocycles. The Labute approximate surface area is 107 Å². The molecule has 7 heteroatoms. The van der Waals surface area contributed by atoms with Crippen molar-refractivity contribution in [1.82, 2.24) is 0 Å². The molecule has 0 N–H and O–H groups in total. The van der Waals surface area contributed by atoms with Gasteiger partial charge in [0.05, 0.1) is 19.3 Å². The number of carbonyl (C=O) groups excluding carboxylic acids is 1. The minimum atomic E-state index is -4.23. The predicted molar refractivity (Wildman–Crippen MR) is 58.5 cm³/mol. The van der Waals surface area contributed by atoms with Crippen LogP contribution in [0.25, 0.3) is 0 Å². The van der Waals surface area contributed by atoms with Gasteiger partial charge in [0.1, 0.15) is 11.6 Å². The summed E-state index contributed by atoms with van der Waals surface area (Å²) in [6, 6.07) is 3.38. The number of carbonyl (C=O) groups is 1. The minimum Gasteiger partial charge on any atom is -0.493 e. The van der Waals surface area contributed by atoms with Gasteiger partial charge in [0.25, 0.3) is 0 Å². The first-order valence-corrected chi connectivity index (χ1v) is 5.41. The standard InChI is InChI=1S/C12H12F4O3/c1-18-11(17)9-4-3-8(7-10(9)13)19-6-2-5-12(14,15)16/h3-4,7H,2,5-6H2,1H3. The smallest absolute Gasteiger partial charge is 0.389 e. The molecule has 0 saturated carbocycles. The van der Waals surface area contributed by atoms with Gasteiger partial charge in [-0.15, -0.1) is 0 Å². The second-order valence-corrected chi connectivity index (χ2v) is 3.70. The molecular weight excluding hydrogens is 268 g/mol. The fraction of sp³-hybridized carbons (Fsp3) is 0.417. The van der Waals surface area contributed by atoms with Crippen LogP contribution < -0.4 is 4.74 Å². The van der Waals surface area contributed by atoms with Crippen LogP contribution in [-0.2, 0) is 4.74 Å². The monoisotopic (exact) mass is 280 g/mol. The number of ether oxygens (including phenoxy) is 2. The van der Waals surface area contributed by atoms with Gasteiger partial charge in [-0.25, -0.2) is 9.18 Å². The summed E-state index contributed by atoms with van der Waals surface area (Å²) in [5.41, 5.74) is -0.259. The molecule has 0 radical (unpaired) electrons. The molecule has 106 valence electrons. The zero-order valence-electron chi connectivity index (χ0n) is 10.1. The van der Waals surface area contributed by atoms with Crippen LogP contribution in [0.5, 0.6) is 5.75 Å². The van der Waals surface area contributed by atoms with Crippen molar-refractivity contribution in [2.45, 2.75) is 19.0 Å². The van der Waals surface area contributed by atoms with Gasteiger partial charge >= 0.3 is 12.1 Å². The summed E-state index contributed by atoms with van der Waals surface area (Å²) in [5.74, 6) is -1.62. The highest BCUT2D eigenvalue weighted by Gasteiger charge is 2.26. The van der Waals surface area contributed by atoms with Crippen molar-refractivity contribution in [2.24, 2.45) is 0 Å². The number of alkyl halides is 3. The zero-order valence-corrected chi connectivity index (χ0v) is 10.1. The average molecular weight is 280 g/mol. The lowest BCUT2D eigenvalue weighted by Gasteiger charge is -2.09. The number of rotatable bonds is 5. The molecular formula is C12H12F4O3. The lowest BCUT2D eigenvalue weighted by molar-refractivity contribution is -0.136. The molecule has 1 rings (SSSR count). The number of esters is 1. The second-order valence-electron chi connectivity index (χ2n) is 3.70. The Balaban J connectivity index is 2.52.